The molecule has 5 heteroatoms. The van der Waals surface area contributed by atoms with E-state index in [9.17, 15) is 15.2 Å². The second-order valence-corrected chi connectivity index (χ2v) is 4.94. The average Bonchev–Trinajstić information content (AvgIpc) is 3.04. The highest BCUT2D eigenvalue weighted by Crippen LogP contribution is 2.32. The van der Waals surface area contributed by atoms with Crippen molar-refractivity contribution >= 4 is 5.69 Å². The fourth-order valence-corrected chi connectivity index (χ4v) is 2.43. The molecule has 3 aromatic rings. The number of rotatable bonds is 4. The van der Waals surface area contributed by atoms with Crippen LogP contribution in [0.2, 0.25) is 0 Å². The molecule has 3 rings (SSSR count). The van der Waals surface area contributed by atoms with Crippen molar-refractivity contribution in [2.45, 2.75) is 6.10 Å². The third-order valence-electron chi connectivity index (χ3n) is 3.58. The molecule has 0 bridgehead atoms. The first kappa shape index (κ1) is 14.0. The van der Waals surface area contributed by atoms with Crippen molar-refractivity contribution in [3.63, 3.8) is 0 Å². The van der Waals surface area contributed by atoms with Crippen LogP contribution in [0.25, 0.3) is 11.1 Å². The molecule has 2 N–H and O–H groups in total. The summed E-state index contributed by atoms with van der Waals surface area (Å²) in [6.45, 7) is 0. The van der Waals surface area contributed by atoms with E-state index in [1.54, 1.807) is 18.3 Å². The van der Waals surface area contributed by atoms with Crippen LogP contribution in [0.3, 0.4) is 0 Å². The van der Waals surface area contributed by atoms with Gasteiger partial charge in [-0.15, -0.1) is 0 Å². The lowest BCUT2D eigenvalue weighted by Crippen LogP contribution is -2.00. The molecule has 0 saturated heterocycles. The molecule has 5 nitrogen and oxygen atoms in total. The summed E-state index contributed by atoms with van der Waals surface area (Å²) in [6.07, 6.45) is 2.73. The van der Waals surface area contributed by atoms with Gasteiger partial charge in [0.05, 0.1) is 4.92 Å². The number of benzene rings is 2. The summed E-state index contributed by atoms with van der Waals surface area (Å²) in [4.78, 5) is 13.2. The van der Waals surface area contributed by atoms with Gasteiger partial charge in [0.25, 0.3) is 5.69 Å². The van der Waals surface area contributed by atoms with E-state index in [4.69, 9.17) is 0 Å². The Hall–Kier alpha value is -2.92. The molecular formula is C17H14N2O3. The van der Waals surface area contributed by atoms with E-state index in [-0.39, 0.29) is 5.69 Å². The van der Waals surface area contributed by atoms with Gasteiger partial charge in [-0.1, -0.05) is 30.3 Å². The topological polar surface area (TPSA) is 79.2 Å². The van der Waals surface area contributed by atoms with E-state index in [1.165, 1.54) is 12.1 Å². The SMILES string of the molecule is O=[N+]([O-])c1ccc([C@H](O)c2c[nH]cc2-c2ccccc2)cc1. The highest BCUT2D eigenvalue weighted by molar-refractivity contribution is 5.67. The average molecular weight is 294 g/mol. The van der Waals surface area contributed by atoms with Gasteiger partial charge in [0.15, 0.2) is 0 Å². The zero-order valence-corrected chi connectivity index (χ0v) is 11.6. The van der Waals surface area contributed by atoms with Gasteiger partial charge in [-0.05, 0) is 23.3 Å². The van der Waals surface area contributed by atoms with Crippen LogP contribution >= 0.6 is 0 Å². The van der Waals surface area contributed by atoms with Crippen LogP contribution in [0.5, 0.6) is 0 Å². The number of hydrogen-bond acceptors (Lipinski definition) is 3. The van der Waals surface area contributed by atoms with E-state index in [0.29, 0.717) is 5.56 Å². The Balaban J connectivity index is 1.95. The molecule has 1 heterocycles. The summed E-state index contributed by atoms with van der Waals surface area (Å²) < 4.78 is 0. The van der Waals surface area contributed by atoms with Crippen LogP contribution in [0.4, 0.5) is 5.69 Å². The van der Waals surface area contributed by atoms with Crippen LogP contribution < -0.4 is 0 Å². The highest BCUT2D eigenvalue weighted by atomic mass is 16.6. The third kappa shape index (κ3) is 2.62. The van der Waals surface area contributed by atoms with Crippen molar-refractivity contribution < 1.29 is 10.0 Å². The number of nitrogens with one attached hydrogen (secondary N) is 1. The number of aromatic amines is 1. The van der Waals surface area contributed by atoms with E-state index in [1.807, 2.05) is 36.5 Å². The predicted molar refractivity (Wildman–Crippen MR) is 83.4 cm³/mol. The van der Waals surface area contributed by atoms with Crippen LogP contribution in [-0.4, -0.2) is 15.0 Å². The standard InChI is InChI=1S/C17H14N2O3/c20-17(13-6-8-14(9-7-13)19(21)22)16-11-18-10-15(16)12-4-2-1-3-5-12/h1-11,17-18,20H/t17-/m0/s1. The Morgan fingerprint density at radius 3 is 2.32 bits per heavy atom. The fourth-order valence-electron chi connectivity index (χ4n) is 2.43. The van der Waals surface area contributed by atoms with Gasteiger partial charge in [-0.3, -0.25) is 10.1 Å². The van der Waals surface area contributed by atoms with Crippen molar-refractivity contribution in [2.75, 3.05) is 0 Å². The second-order valence-electron chi connectivity index (χ2n) is 4.94. The van der Waals surface area contributed by atoms with E-state index >= 15 is 0 Å². The van der Waals surface area contributed by atoms with Crippen molar-refractivity contribution in [2.24, 2.45) is 0 Å². The molecule has 0 aliphatic rings. The lowest BCUT2D eigenvalue weighted by Gasteiger charge is -2.12. The van der Waals surface area contributed by atoms with Crippen LogP contribution in [0.1, 0.15) is 17.2 Å². The lowest BCUT2D eigenvalue weighted by molar-refractivity contribution is -0.384. The summed E-state index contributed by atoms with van der Waals surface area (Å²) >= 11 is 0. The molecule has 2 aromatic carbocycles. The van der Waals surface area contributed by atoms with E-state index < -0.39 is 11.0 Å². The van der Waals surface area contributed by atoms with Gasteiger partial charge in [-0.25, -0.2) is 0 Å². The fraction of sp³-hybridized carbons (Fsp3) is 0.0588. The Morgan fingerprint density at radius 1 is 1.00 bits per heavy atom. The molecule has 0 fully saturated rings. The number of aliphatic hydroxyl groups is 1. The molecule has 0 aliphatic carbocycles. The largest absolute Gasteiger partial charge is 0.384 e. The van der Waals surface area contributed by atoms with Crippen molar-refractivity contribution in [1.29, 1.82) is 0 Å². The molecule has 0 unspecified atom stereocenters. The first-order valence-electron chi connectivity index (χ1n) is 6.81. The summed E-state index contributed by atoms with van der Waals surface area (Å²) in [5.41, 5.74) is 3.27. The van der Waals surface area contributed by atoms with Crippen molar-refractivity contribution in [3.05, 3.63) is 88.2 Å². The minimum atomic E-state index is -0.845. The van der Waals surface area contributed by atoms with Gasteiger partial charge in [0, 0.05) is 35.7 Å². The molecular weight excluding hydrogens is 280 g/mol. The maximum atomic E-state index is 10.7. The molecule has 0 radical (unpaired) electrons. The molecule has 110 valence electrons. The van der Waals surface area contributed by atoms with Gasteiger partial charge in [0.1, 0.15) is 6.10 Å². The number of hydrogen-bond donors (Lipinski definition) is 2. The first-order valence-corrected chi connectivity index (χ1v) is 6.81. The Kier molecular flexibility index (Phi) is 3.72. The predicted octanol–water partition coefficient (Wildman–Crippen LogP) is 3.67. The monoisotopic (exact) mass is 294 g/mol. The summed E-state index contributed by atoms with van der Waals surface area (Å²) in [5, 5.41) is 21.3. The smallest absolute Gasteiger partial charge is 0.269 e. The molecule has 1 aromatic heterocycles. The molecule has 0 spiro atoms. The van der Waals surface area contributed by atoms with Crippen LogP contribution in [-0.2, 0) is 0 Å². The van der Waals surface area contributed by atoms with Gasteiger partial charge in [-0.2, -0.15) is 0 Å². The summed E-state index contributed by atoms with van der Waals surface area (Å²) in [7, 11) is 0. The van der Waals surface area contributed by atoms with Crippen LogP contribution in [0.15, 0.2) is 67.0 Å². The van der Waals surface area contributed by atoms with Gasteiger partial charge < -0.3 is 10.1 Å². The van der Waals surface area contributed by atoms with Crippen LogP contribution in [0, 0.1) is 10.1 Å². The minimum absolute atomic E-state index is 0.00769. The van der Waals surface area contributed by atoms with Gasteiger partial charge in [0.2, 0.25) is 0 Å². The third-order valence-corrected chi connectivity index (χ3v) is 3.58. The maximum absolute atomic E-state index is 10.7. The molecule has 1 atom stereocenters. The Morgan fingerprint density at radius 2 is 1.68 bits per heavy atom. The quantitative estimate of drug-likeness (QED) is 0.569. The molecule has 0 amide bonds. The molecule has 22 heavy (non-hydrogen) atoms. The molecule has 0 aliphatic heterocycles. The normalized spacial score (nSPS) is 12.0. The van der Waals surface area contributed by atoms with Crippen molar-refractivity contribution in [1.82, 2.24) is 4.98 Å². The number of aliphatic hydroxyl groups excluding tert-OH is 1. The van der Waals surface area contributed by atoms with E-state index in [2.05, 4.69) is 4.98 Å². The van der Waals surface area contributed by atoms with E-state index in [0.717, 1.165) is 16.7 Å². The number of nitro groups is 1. The number of nitrogens with zero attached hydrogens (tertiary/aromatic N) is 1. The second kappa shape index (κ2) is 5.83. The Labute approximate surface area is 127 Å². The lowest BCUT2D eigenvalue weighted by atomic mass is 9.97. The first-order chi connectivity index (χ1) is 10.7. The Bertz CT molecular complexity index is 779. The summed E-state index contributed by atoms with van der Waals surface area (Å²) in [5.74, 6) is 0. The number of H-pyrrole nitrogens is 1. The number of nitro benzene ring substituents is 1. The highest BCUT2D eigenvalue weighted by Gasteiger charge is 2.17. The zero-order valence-electron chi connectivity index (χ0n) is 11.6. The van der Waals surface area contributed by atoms with Gasteiger partial charge >= 0.3 is 0 Å². The number of aromatic nitrogens is 1. The minimum Gasteiger partial charge on any atom is -0.384 e. The zero-order chi connectivity index (χ0) is 15.5. The summed E-state index contributed by atoms with van der Waals surface area (Å²) in [6, 6.07) is 15.7. The maximum Gasteiger partial charge on any atom is 0.269 e. The van der Waals surface area contributed by atoms with Crippen molar-refractivity contribution in [3.8, 4) is 11.1 Å². The molecule has 0 saturated carbocycles. The number of non-ortho nitro benzene ring substituents is 1.